The molecule has 0 heterocycles. The molecule has 2 aliphatic rings. The first-order chi connectivity index (χ1) is 21.2. The van der Waals surface area contributed by atoms with Crippen molar-refractivity contribution in [2.24, 2.45) is 11.8 Å². The lowest BCUT2D eigenvalue weighted by Gasteiger charge is -2.36. The van der Waals surface area contributed by atoms with Gasteiger partial charge in [-0.25, -0.2) is 17.6 Å². The average molecular weight is 617 g/mol. The number of unbranched alkanes of at least 4 members (excludes halogenated alkanes) is 1. The van der Waals surface area contributed by atoms with Crippen LogP contribution in [0.2, 0.25) is 0 Å². The Bertz CT molecular complexity index is 1510. The van der Waals surface area contributed by atoms with Gasteiger partial charge in [0.05, 0.1) is 13.2 Å². The van der Waals surface area contributed by atoms with Crippen LogP contribution in [-0.2, 0) is 0 Å². The second-order valence-corrected chi connectivity index (χ2v) is 11.8. The fourth-order valence-corrected chi connectivity index (χ4v) is 6.74. The second kappa shape index (κ2) is 14.1. The summed E-state index contributed by atoms with van der Waals surface area (Å²) < 4.78 is 99.6. The summed E-state index contributed by atoms with van der Waals surface area (Å²) in [6, 6.07) is 8.31. The fraction of sp³-hybridized carbons (Fsp3) is 0.444. The molecule has 44 heavy (non-hydrogen) atoms. The summed E-state index contributed by atoms with van der Waals surface area (Å²) in [5, 5.41) is 0. The van der Waals surface area contributed by atoms with Crippen molar-refractivity contribution in [2.45, 2.75) is 77.6 Å². The Balaban J connectivity index is 1.22. The van der Waals surface area contributed by atoms with Crippen LogP contribution in [0, 0.1) is 46.7 Å². The summed E-state index contributed by atoms with van der Waals surface area (Å²) in [6.07, 6.45) is 8.78. The van der Waals surface area contributed by atoms with Crippen LogP contribution < -0.4 is 9.47 Å². The molecule has 2 aliphatic carbocycles. The molecule has 0 bridgehead atoms. The van der Waals surface area contributed by atoms with E-state index in [0.717, 1.165) is 37.7 Å². The van der Waals surface area contributed by atoms with Crippen molar-refractivity contribution in [3.8, 4) is 22.6 Å². The van der Waals surface area contributed by atoms with E-state index in [-0.39, 0.29) is 52.9 Å². The molecule has 3 aromatic carbocycles. The molecule has 2 nitrogen and oxygen atoms in total. The zero-order valence-electron chi connectivity index (χ0n) is 25.1. The molecule has 236 valence electrons. The van der Waals surface area contributed by atoms with E-state index in [1.54, 1.807) is 13.0 Å². The van der Waals surface area contributed by atoms with Crippen molar-refractivity contribution >= 4 is 5.57 Å². The van der Waals surface area contributed by atoms with Crippen molar-refractivity contribution in [3.63, 3.8) is 0 Å². The quantitative estimate of drug-likeness (QED) is 0.167. The lowest BCUT2D eigenvalue weighted by Crippen LogP contribution is -2.23. The van der Waals surface area contributed by atoms with Gasteiger partial charge in [-0.2, -0.15) is 8.78 Å². The van der Waals surface area contributed by atoms with Crippen LogP contribution >= 0.6 is 0 Å². The first-order valence-corrected chi connectivity index (χ1v) is 15.6. The molecular weight excluding hydrogens is 578 g/mol. The van der Waals surface area contributed by atoms with E-state index in [1.165, 1.54) is 30.3 Å². The molecule has 1 unspecified atom stereocenters. The Labute approximate surface area is 255 Å². The Kier molecular flexibility index (Phi) is 10.3. The molecule has 0 aliphatic heterocycles. The van der Waals surface area contributed by atoms with Crippen LogP contribution in [0.4, 0.5) is 26.3 Å². The molecule has 0 radical (unpaired) electrons. The molecule has 0 saturated heterocycles. The highest BCUT2D eigenvalue weighted by molar-refractivity contribution is 5.68. The number of hydrogen-bond donors (Lipinski definition) is 0. The SMILES string of the molecule is CCCCOc1ccc(-c2ccc(C3CCC(C4CC=C(c5ccc(OCC)c(F)c5F)CC4)CC3)c(F)c2F)c(F)c1F. The summed E-state index contributed by atoms with van der Waals surface area (Å²) in [5.41, 5.74) is 0.638. The number of ether oxygens (including phenoxy) is 2. The maximum Gasteiger partial charge on any atom is 0.201 e. The third-order valence-electron chi connectivity index (χ3n) is 9.23. The lowest BCUT2D eigenvalue weighted by molar-refractivity contribution is 0.219. The maximum absolute atomic E-state index is 15.3. The van der Waals surface area contributed by atoms with Gasteiger partial charge >= 0.3 is 0 Å². The highest BCUT2D eigenvalue weighted by atomic mass is 19.2. The Morgan fingerprint density at radius 2 is 1.20 bits per heavy atom. The van der Waals surface area contributed by atoms with Gasteiger partial charge < -0.3 is 9.47 Å². The first kappa shape index (κ1) is 32.0. The van der Waals surface area contributed by atoms with Gasteiger partial charge in [0.15, 0.2) is 34.8 Å². The van der Waals surface area contributed by atoms with Gasteiger partial charge in [-0.05, 0) is 111 Å². The number of benzene rings is 3. The molecule has 1 atom stereocenters. The van der Waals surface area contributed by atoms with Crippen LogP contribution in [-0.4, -0.2) is 13.2 Å². The third kappa shape index (κ3) is 6.50. The van der Waals surface area contributed by atoms with E-state index in [2.05, 4.69) is 0 Å². The Morgan fingerprint density at radius 1 is 0.614 bits per heavy atom. The third-order valence-corrected chi connectivity index (χ3v) is 9.23. The Hall–Kier alpha value is -3.42. The van der Waals surface area contributed by atoms with Gasteiger partial charge in [0.25, 0.3) is 0 Å². The number of hydrogen-bond acceptors (Lipinski definition) is 2. The molecule has 0 aromatic heterocycles. The minimum Gasteiger partial charge on any atom is -0.491 e. The van der Waals surface area contributed by atoms with Crippen molar-refractivity contribution in [1.29, 1.82) is 0 Å². The monoisotopic (exact) mass is 616 g/mol. The van der Waals surface area contributed by atoms with E-state index in [0.29, 0.717) is 37.5 Å². The molecule has 0 spiro atoms. The molecule has 3 aromatic rings. The minimum absolute atomic E-state index is 0.0891. The molecule has 8 heteroatoms. The van der Waals surface area contributed by atoms with Crippen molar-refractivity contribution in [3.05, 3.63) is 88.5 Å². The minimum atomic E-state index is -1.27. The summed E-state index contributed by atoms with van der Waals surface area (Å²) in [4.78, 5) is 0. The molecule has 0 amide bonds. The predicted molar refractivity (Wildman–Crippen MR) is 160 cm³/mol. The van der Waals surface area contributed by atoms with E-state index in [1.807, 2.05) is 13.0 Å². The molecule has 5 rings (SSSR count). The van der Waals surface area contributed by atoms with Gasteiger partial charge in [-0.15, -0.1) is 0 Å². The standard InChI is InChI=1S/C36H38F6O2/c1-3-5-20-44-30-19-17-28(34(40)36(30)42)27-15-14-25(31(37)33(27)39)23-10-6-21(7-11-23)22-8-12-24(13-9-22)26-16-18-29(43-4-2)35(41)32(26)38/h12,14-19,21-23H,3-11,13,20H2,1-2H3. The zero-order valence-corrected chi connectivity index (χ0v) is 25.1. The predicted octanol–water partition coefficient (Wildman–Crippen LogP) is 10.9. The van der Waals surface area contributed by atoms with Crippen LogP contribution in [0.5, 0.6) is 11.5 Å². The van der Waals surface area contributed by atoms with E-state index in [4.69, 9.17) is 9.47 Å². The Morgan fingerprint density at radius 3 is 1.82 bits per heavy atom. The first-order valence-electron chi connectivity index (χ1n) is 15.6. The second-order valence-electron chi connectivity index (χ2n) is 11.8. The van der Waals surface area contributed by atoms with Crippen LogP contribution in [0.3, 0.4) is 0 Å². The molecule has 0 N–H and O–H groups in total. The van der Waals surface area contributed by atoms with E-state index in [9.17, 15) is 17.6 Å². The fourth-order valence-electron chi connectivity index (χ4n) is 6.74. The van der Waals surface area contributed by atoms with Crippen LogP contribution in [0.15, 0.2) is 42.5 Å². The smallest absolute Gasteiger partial charge is 0.201 e. The lowest BCUT2D eigenvalue weighted by atomic mass is 9.70. The van der Waals surface area contributed by atoms with E-state index >= 15 is 8.78 Å². The van der Waals surface area contributed by atoms with Crippen molar-refractivity contribution in [1.82, 2.24) is 0 Å². The molecular formula is C36H38F6O2. The zero-order chi connectivity index (χ0) is 31.4. The van der Waals surface area contributed by atoms with Crippen molar-refractivity contribution < 1.29 is 35.8 Å². The van der Waals surface area contributed by atoms with Crippen LogP contribution in [0.1, 0.15) is 88.7 Å². The molecule has 1 fully saturated rings. The maximum atomic E-state index is 15.3. The highest BCUT2D eigenvalue weighted by Crippen LogP contribution is 2.45. The van der Waals surface area contributed by atoms with Crippen molar-refractivity contribution in [2.75, 3.05) is 13.2 Å². The highest BCUT2D eigenvalue weighted by Gasteiger charge is 2.32. The van der Waals surface area contributed by atoms with Gasteiger partial charge in [-0.3, -0.25) is 0 Å². The van der Waals surface area contributed by atoms with Gasteiger partial charge in [-0.1, -0.05) is 31.6 Å². The van der Waals surface area contributed by atoms with Crippen LogP contribution in [0.25, 0.3) is 16.7 Å². The van der Waals surface area contributed by atoms with E-state index < -0.39 is 34.9 Å². The summed E-state index contributed by atoms with van der Waals surface area (Å²) >= 11 is 0. The topological polar surface area (TPSA) is 18.5 Å². The summed E-state index contributed by atoms with van der Waals surface area (Å²) in [7, 11) is 0. The molecule has 1 saturated carbocycles. The summed E-state index contributed by atoms with van der Waals surface area (Å²) in [5.74, 6) is -6.31. The normalized spacial score (nSPS) is 20.4. The van der Waals surface area contributed by atoms with Gasteiger partial charge in [0.1, 0.15) is 0 Å². The van der Waals surface area contributed by atoms with Gasteiger partial charge in [0.2, 0.25) is 11.6 Å². The largest absolute Gasteiger partial charge is 0.491 e. The number of rotatable bonds is 10. The number of allylic oxidation sites excluding steroid dienone is 2. The average Bonchev–Trinajstić information content (AvgIpc) is 3.04. The van der Waals surface area contributed by atoms with Gasteiger partial charge in [0, 0.05) is 16.7 Å². The summed E-state index contributed by atoms with van der Waals surface area (Å²) in [6.45, 7) is 4.14. The number of halogens is 6.